The Balaban J connectivity index is 2.83. The van der Waals surface area contributed by atoms with E-state index in [0.29, 0.717) is 5.56 Å². The van der Waals surface area contributed by atoms with Crippen LogP contribution in [0.4, 0.5) is 0 Å². The molecule has 0 unspecified atom stereocenters. The molecule has 0 atom stereocenters. The molecular formula is C13H18O2. The van der Waals surface area contributed by atoms with E-state index >= 15 is 0 Å². The lowest BCUT2D eigenvalue weighted by Gasteiger charge is -2.23. The molecule has 0 aromatic heterocycles. The quantitative estimate of drug-likeness (QED) is 0.709. The molecule has 82 valence electrons. The summed E-state index contributed by atoms with van der Waals surface area (Å²) in [4.78, 5) is 11.8. The zero-order valence-corrected chi connectivity index (χ0v) is 9.83. The van der Waals surface area contributed by atoms with Gasteiger partial charge in [0.05, 0.1) is 5.56 Å². The van der Waals surface area contributed by atoms with Gasteiger partial charge in [0.25, 0.3) is 0 Å². The van der Waals surface area contributed by atoms with Gasteiger partial charge in [-0.05, 0) is 38.8 Å². The van der Waals surface area contributed by atoms with Crippen molar-refractivity contribution in [3.63, 3.8) is 0 Å². The lowest BCUT2D eigenvalue weighted by atomic mass is 10.1. The SMILES string of the molecule is CCC(C)(C)OC(=O)c1ccccc1C. The van der Waals surface area contributed by atoms with Gasteiger partial charge in [-0.3, -0.25) is 0 Å². The Hall–Kier alpha value is -1.31. The number of hydrogen-bond acceptors (Lipinski definition) is 2. The van der Waals surface area contributed by atoms with Gasteiger partial charge in [-0.2, -0.15) is 0 Å². The molecule has 15 heavy (non-hydrogen) atoms. The zero-order valence-electron chi connectivity index (χ0n) is 9.83. The van der Waals surface area contributed by atoms with Crippen LogP contribution in [0.25, 0.3) is 0 Å². The van der Waals surface area contributed by atoms with Crippen molar-refractivity contribution in [2.75, 3.05) is 0 Å². The van der Waals surface area contributed by atoms with E-state index in [2.05, 4.69) is 0 Å². The van der Waals surface area contributed by atoms with Crippen LogP contribution in [-0.2, 0) is 4.74 Å². The van der Waals surface area contributed by atoms with Crippen molar-refractivity contribution in [3.05, 3.63) is 35.4 Å². The van der Waals surface area contributed by atoms with Gasteiger partial charge in [-0.25, -0.2) is 4.79 Å². The van der Waals surface area contributed by atoms with Crippen LogP contribution in [0, 0.1) is 6.92 Å². The molecule has 0 aliphatic heterocycles. The number of rotatable bonds is 3. The molecule has 0 aliphatic carbocycles. The van der Waals surface area contributed by atoms with Crippen LogP contribution >= 0.6 is 0 Å². The molecule has 2 nitrogen and oxygen atoms in total. The van der Waals surface area contributed by atoms with E-state index in [1.165, 1.54) is 0 Å². The van der Waals surface area contributed by atoms with Crippen LogP contribution in [0.5, 0.6) is 0 Å². The van der Waals surface area contributed by atoms with Gasteiger partial charge in [0.2, 0.25) is 0 Å². The van der Waals surface area contributed by atoms with Gasteiger partial charge < -0.3 is 4.74 Å². The Labute approximate surface area is 91.3 Å². The van der Waals surface area contributed by atoms with Crippen molar-refractivity contribution in [2.45, 2.75) is 39.7 Å². The van der Waals surface area contributed by atoms with Crippen LogP contribution < -0.4 is 0 Å². The third-order valence-corrected chi connectivity index (χ3v) is 2.59. The molecule has 1 aromatic rings. The number of aryl methyl sites for hydroxylation is 1. The topological polar surface area (TPSA) is 26.3 Å². The van der Waals surface area contributed by atoms with E-state index in [-0.39, 0.29) is 11.6 Å². The van der Waals surface area contributed by atoms with Crippen LogP contribution in [0.2, 0.25) is 0 Å². The fourth-order valence-electron chi connectivity index (χ4n) is 1.18. The lowest BCUT2D eigenvalue weighted by molar-refractivity contribution is -0.00250. The van der Waals surface area contributed by atoms with Crippen LogP contribution in [0.1, 0.15) is 43.1 Å². The van der Waals surface area contributed by atoms with E-state index < -0.39 is 0 Å². The summed E-state index contributed by atoms with van der Waals surface area (Å²) in [5.41, 5.74) is 1.22. The summed E-state index contributed by atoms with van der Waals surface area (Å²) in [6.45, 7) is 7.76. The molecule has 0 heterocycles. The van der Waals surface area contributed by atoms with E-state index in [0.717, 1.165) is 12.0 Å². The number of ether oxygens (including phenoxy) is 1. The van der Waals surface area contributed by atoms with Gasteiger partial charge in [0.15, 0.2) is 0 Å². The summed E-state index contributed by atoms with van der Waals surface area (Å²) in [6.07, 6.45) is 0.810. The van der Waals surface area contributed by atoms with E-state index in [1.807, 2.05) is 45.9 Å². The standard InChI is InChI=1S/C13H18O2/c1-5-13(3,4)15-12(14)11-9-7-6-8-10(11)2/h6-9H,5H2,1-4H3. The number of carbonyl (C=O) groups is 1. The fraction of sp³-hybridized carbons (Fsp3) is 0.462. The molecule has 0 fully saturated rings. The summed E-state index contributed by atoms with van der Waals surface area (Å²) < 4.78 is 5.41. The largest absolute Gasteiger partial charge is 0.456 e. The van der Waals surface area contributed by atoms with Crippen LogP contribution in [0.3, 0.4) is 0 Å². The van der Waals surface area contributed by atoms with Crippen molar-refractivity contribution in [2.24, 2.45) is 0 Å². The number of esters is 1. The third-order valence-electron chi connectivity index (χ3n) is 2.59. The molecule has 0 bridgehead atoms. The smallest absolute Gasteiger partial charge is 0.338 e. The Morgan fingerprint density at radius 1 is 1.33 bits per heavy atom. The van der Waals surface area contributed by atoms with Crippen molar-refractivity contribution >= 4 is 5.97 Å². The lowest BCUT2D eigenvalue weighted by Crippen LogP contribution is -2.27. The molecule has 0 saturated carbocycles. The summed E-state index contributed by atoms with van der Waals surface area (Å²) in [6, 6.07) is 7.47. The molecule has 1 aromatic carbocycles. The Morgan fingerprint density at radius 2 is 1.93 bits per heavy atom. The number of carbonyl (C=O) groups excluding carboxylic acids is 1. The van der Waals surface area contributed by atoms with Crippen molar-refractivity contribution < 1.29 is 9.53 Å². The first-order valence-electron chi connectivity index (χ1n) is 5.25. The molecule has 0 N–H and O–H groups in total. The van der Waals surface area contributed by atoms with Gasteiger partial charge in [-0.1, -0.05) is 25.1 Å². The average molecular weight is 206 g/mol. The first-order valence-corrected chi connectivity index (χ1v) is 5.25. The summed E-state index contributed by atoms with van der Waals surface area (Å²) in [7, 11) is 0. The van der Waals surface area contributed by atoms with Gasteiger partial charge in [-0.15, -0.1) is 0 Å². The normalized spacial score (nSPS) is 11.2. The van der Waals surface area contributed by atoms with Crippen molar-refractivity contribution in [1.82, 2.24) is 0 Å². The monoisotopic (exact) mass is 206 g/mol. The highest BCUT2D eigenvalue weighted by Gasteiger charge is 2.21. The molecule has 1 rings (SSSR count). The maximum atomic E-state index is 11.8. The van der Waals surface area contributed by atoms with Gasteiger partial charge in [0.1, 0.15) is 5.60 Å². The highest BCUT2D eigenvalue weighted by Crippen LogP contribution is 2.18. The minimum Gasteiger partial charge on any atom is -0.456 e. The van der Waals surface area contributed by atoms with Crippen LogP contribution in [-0.4, -0.2) is 11.6 Å². The second kappa shape index (κ2) is 4.47. The second-order valence-corrected chi connectivity index (χ2v) is 4.32. The minimum absolute atomic E-state index is 0.236. The molecule has 0 aliphatic rings. The van der Waals surface area contributed by atoms with Crippen molar-refractivity contribution in [3.8, 4) is 0 Å². The van der Waals surface area contributed by atoms with E-state index in [1.54, 1.807) is 6.07 Å². The second-order valence-electron chi connectivity index (χ2n) is 4.32. The van der Waals surface area contributed by atoms with E-state index in [9.17, 15) is 4.79 Å². The van der Waals surface area contributed by atoms with Crippen LogP contribution in [0.15, 0.2) is 24.3 Å². The molecule has 2 heteroatoms. The predicted molar refractivity (Wildman–Crippen MR) is 61.0 cm³/mol. The Morgan fingerprint density at radius 3 is 2.47 bits per heavy atom. The highest BCUT2D eigenvalue weighted by atomic mass is 16.6. The summed E-state index contributed by atoms with van der Waals surface area (Å²) >= 11 is 0. The van der Waals surface area contributed by atoms with Gasteiger partial charge >= 0.3 is 5.97 Å². The highest BCUT2D eigenvalue weighted by molar-refractivity contribution is 5.91. The first kappa shape index (κ1) is 11.8. The first-order chi connectivity index (χ1) is 6.96. The third kappa shape index (κ3) is 3.08. The average Bonchev–Trinajstić information content (AvgIpc) is 2.17. The predicted octanol–water partition coefficient (Wildman–Crippen LogP) is 3.34. The Kier molecular flexibility index (Phi) is 3.51. The minimum atomic E-state index is -0.390. The summed E-state index contributed by atoms with van der Waals surface area (Å²) in [5, 5.41) is 0. The maximum Gasteiger partial charge on any atom is 0.338 e. The molecular weight excluding hydrogens is 188 g/mol. The van der Waals surface area contributed by atoms with E-state index in [4.69, 9.17) is 4.74 Å². The zero-order chi connectivity index (χ0) is 11.5. The fourth-order valence-corrected chi connectivity index (χ4v) is 1.18. The number of benzene rings is 1. The molecule has 0 radical (unpaired) electrons. The molecule has 0 saturated heterocycles. The maximum absolute atomic E-state index is 11.8. The molecule has 0 amide bonds. The van der Waals surface area contributed by atoms with Gasteiger partial charge in [0, 0.05) is 0 Å². The molecule has 0 spiro atoms. The number of hydrogen-bond donors (Lipinski definition) is 0. The Bertz CT molecular complexity index is 353. The summed E-state index contributed by atoms with van der Waals surface area (Å²) in [5.74, 6) is -0.236. The van der Waals surface area contributed by atoms with Crippen molar-refractivity contribution in [1.29, 1.82) is 0 Å².